The summed E-state index contributed by atoms with van der Waals surface area (Å²) >= 11 is 5.65. The molecule has 0 N–H and O–H groups in total. The van der Waals surface area contributed by atoms with Crippen LogP contribution in [0.3, 0.4) is 0 Å². The number of hydrogen-bond donors (Lipinski definition) is 0. The van der Waals surface area contributed by atoms with Gasteiger partial charge in [-0.15, -0.1) is 11.6 Å². The summed E-state index contributed by atoms with van der Waals surface area (Å²) in [6.07, 6.45) is 2.04. The van der Waals surface area contributed by atoms with E-state index in [2.05, 4.69) is 4.98 Å². The molecule has 0 atom stereocenters. The SMILES string of the molecule is N#Cn1c(CCl)nc2ccccc21. The highest BCUT2D eigenvalue weighted by Crippen LogP contribution is 2.15. The largest absolute Gasteiger partial charge is 0.231 e. The van der Waals surface area contributed by atoms with Crippen molar-refractivity contribution in [2.24, 2.45) is 0 Å². The van der Waals surface area contributed by atoms with Crippen molar-refractivity contribution in [1.82, 2.24) is 9.55 Å². The van der Waals surface area contributed by atoms with Crippen molar-refractivity contribution in [2.75, 3.05) is 0 Å². The summed E-state index contributed by atoms with van der Waals surface area (Å²) in [5.41, 5.74) is 1.61. The molecule has 0 amide bonds. The smallest absolute Gasteiger partial charge is 0.190 e. The highest BCUT2D eigenvalue weighted by molar-refractivity contribution is 6.16. The van der Waals surface area contributed by atoms with Crippen LogP contribution in [0.5, 0.6) is 0 Å². The molecule has 0 aliphatic heterocycles. The van der Waals surface area contributed by atoms with Crippen molar-refractivity contribution in [1.29, 1.82) is 5.26 Å². The molecule has 1 heterocycles. The van der Waals surface area contributed by atoms with Crippen molar-refractivity contribution in [3.63, 3.8) is 0 Å². The van der Waals surface area contributed by atoms with Gasteiger partial charge in [0.1, 0.15) is 5.82 Å². The topological polar surface area (TPSA) is 41.6 Å². The molecule has 64 valence electrons. The Hall–Kier alpha value is -1.53. The first-order valence-corrected chi connectivity index (χ1v) is 4.32. The van der Waals surface area contributed by atoms with Gasteiger partial charge in [0, 0.05) is 0 Å². The van der Waals surface area contributed by atoms with Crippen molar-refractivity contribution >= 4 is 22.6 Å². The molecule has 2 rings (SSSR count). The van der Waals surface area contributed by atoms with E-state index < -0.39 is 0 Å². The Kier molecular flexibility index (Phi) is 1.91. The average molecular weight is 192 g/mol. The zero-order valence-corrected chi connectivity index (χ0v) is 7.49. The molecule has 0 bridgehead atoms. The summed E-state index contributed by atoms with van der Waals surface area (Å²) in [7, 11) is 0. The fraction of sp³-hybridized carbons (Fsp3) is 0.111. The Labute approximate surface area is 80.2 Å². The molecular weight excluding hydrogens is 186 g/mol. The second-order valence-corrected chi connectivity index (χ2v) is 2.85. The first-order valence-electron chi connectivity index (χ1n) is 3.79. The summed E-state index contributed by atoms with van der Waals surface area (Å²) in [6.45, 7) is 0. The van der Waals surface area contributed by atoms with E-state index >= 15 is 0 Å². The molecule has 3 nitrogen and oxygen atoms in total. The van der Waals surface area contributed by atoms with E-state index in [9.17, 15) is 0 Å². The number of para-hydroxylation sites is 2. The standard InChI is InChI=1S/C9H6ClN3/c10-5-9-12-7-3-1-2-4-8(7)13(9)6-11/h1-4H,5H2. The quantitative estimate of drug-likeness (QED) is 0.648. The van der Waals surface area contributed by atoms with Crippen molar-refractivity contribution < 1.29 is 0 Å². The van der Waals surface area contributed by atoms with Crippen LogP contribution >= 0.6 is 11.6 Å². The van der Waals surface area contributed by atoms with E-state index in [1.807, 2.05) is 30.5 Å². The van der Waals surface area contributed by atoms with Crippen LogP contribution in [0.2, 0.25) is 0 Å². The second-order valence-electron chi connectivity index (χ2n) is 2.59. The predicted octanol–water partition coefficient (Wildman–Crippen LogP) is 2.10. The van der Waals surface area contributed by atoms with Gasteiger partial charge in [-0.25, -0.2) is 9.55 Å². The van der Waals surface area contributed by atoms with Gasteiger partial charge in [0.25, 0.3) is 0 Å². The molecule has 0 saturated carbocycles. The lowest BCUT2D eigenvalue weighted by molar-refractivity contribution is 0.997. The van der Waals surface area contributed by atoms with Crippen LogP contribution in [-0.2, 0) is 5.88 Å². The number of nitriles is 1. The van der Waals surface area contributed by atoms with Crippen LogP contribution in [0, 0.1) is 11.5 Å². The first kappa shape index (κ1) is 8.09. The lowest BCUT2D eigenvalue weighted by atomic mass is 10.3. The van der Waals surface area contributed by atoms with Crippen molar-refractivity contribution in [2.45, 2.75) is 5.88 Å². The van der Waals surface area contributed by atoms with Gasteiger partial charge >= 0.3 is 0 Å². The number of rotatable bonds is 1. The molecule has 0 unspecified atom stereocenters. The summed E-state index contributed by atoms with van der Waals surface area (Å²) < 4.78 is 1.45. The molecule has 4 heteroatoms. The van der Waals surface area contributed by atoms with E-state index in [0.717, 1.165) is 11.0 Å². The fourth-order valence-electron chi connectivity index (χ4n) is 1.28. The van der Waals surface area contributed by atoms with E-state index in [4.69, 9.17) is 16.9 Å². The number of fused-ring (bicyclic) bond motifs is 1. The predicted molar refractivity (Wildman–Crippen MR) is 50.3 cm³/mol. The van der Waals surface area contributed by atoms with E-state index in [1.165, 1.54) is 4.57 Å². The van der Waals surface area contributed by atoms with Crippen LogP contribution in [0.25, 0.3) is 11.0 Å². The van der Waals surface area contributed by atoms with Gasteiger partial charge in [-0.2, -0.15) is 5.26 Å². The Morgan fingerprint density at radius 1 is 1.46 bits per heavy atom. The Morgan fingerprint density at radius 3 is 2.92 bits per heavy atom. The molecule has 0 fully saturated rings. The summed E-state index contributed by atoms with van der Waals surface area (Å²) in [5, 5.41) is 8.85. The third-order valence-corrected chi connectivity index (χ3v) is 2.09. The van der Waals surface area contributed by atoms with Gasteiger partial charge in [0.05, 0.1) is 16.9 Å². The van der Waals surface area contributed by atoms with Gasteiger partial charge in [-0.05, 0) is 12.1 Å². The highest BCUT2D eigenvalue weighted by Gasteiger charge is 2.07. The van der Waals surface area contributed by atoms with Gasteiger partial charge in [-0.3, -0.25) is 0 Å². The lowest BCUT2D eigenvalue weighted by Gasteiger charge is -1.92. The third kappa shape index (κ3) is 1.16. The van der Waals surface area contributed by atoms with E-state index in [0.29, 0.717) is 5.82 Å². The first-order chi connectivity index (χ1) is 6.36. The fourth-order valence-corrected chi connectivity index (χ4v) is 1.46. The molecule has 0 aliphatic rings. The van der Waals surface area contributed by atoms with E-state index in [1.54, 1.807) is 0 Å². The van der Waals surface area contributed by atoms with Gasteiger partial charge < -0.3 is 0 Å². The zero-order chi connectivity index (χ0) is 9.26. The minimum Gasteiger partial charge on any atom is -0.231 e. The monoisotopic (exact) mass is 191 g/mol. The minimum absolute atomic E-state index is 0.252. The van der Waals surface area contributed by atoms with Gasteiger partial charge in [0.2, 0.25) is 0 Å². The maximum Gasteiger partial charge on any atom is 0.190 e. The normalized spacial score (nSPS) is 10.2. The van der Waals surface area contributed by atoms with Crippen LogP contribution in [0.1, 0.15) is 5.82 Å². The van der Waals surface area contributed by atoms with Crippen molar-refractivity contribution in [3.8, 4) is 6.19 Å². The van der Waals surface area contributed by atoms with Crippen LogP contribution in [0.4, 0.5) is 0 Å². The summed E-state index contributed by atoms with van der Waals surface area (Å²) in [6, 6.07) is 7.46. The molecule has 0 radical (unpaired) electrons. The molecule has 0 saturated heterocycles. The number of alkyl halides is 1. The highest BCUT2D eigenvalue weighted by atomic mass is 35.5. The molecule has 1 aromatic heterocycles. The summed E-state index contributed by atoms with van der Waals surface area (Å²) in [5.74, 6) is 0.841. The van der Waals surface area contributed by atoms with Crippen LogP contribution in [-0.4, -0.2) is 9.55 Å². The van der Waals surface area contributed by atoms with Crippen molar-refractivity contribution in [3.05, 3.63) is 30.1 Å². The maximum absolute atomic E-state index is 8.85. The number of halogens is 1. The van der Waals surface area contributed by atoms with Gasteiger partial charge in [0.15, 0.2) is 6.19 Å². The van der Waals surface area contributed by atoms with E-state index in [-0.39, 0.29) is 5.88 Å². The number of imidazole rings is 1. The maximum atomic E-state index is 8.85. The van der Waals surface area contributed by atoms with Crippen LogP contribution < -0.4 is 0 Å². The number of aromatic nitrogens is 2. The molecular formula is C9H6ClN3. The molecule has 13 heavy (non-hydrogen) atoms. The zero-order valence-electron chi connectivity index (χ0n) is 6.74. The van der Waals surface area contributed by atoms with Gasteiger partial charge in [-0.1, -0.05) is 12.1 Å². The Balaban J connectivity index is 2.83. The number of benzene rings is 1. The average Bonchev–Trinajstić information content (AvgIpc) is 2.55. The molecule has 0 aliphatic carbocycles. The minimum atomic E-state index is 0.252. The number of nitrogens with zero attached hydrogens (tertiary/aromatic N) is 3. The van der Waals surface area contributed by atoms with Crippen LogP contribution in [0.15, 0.2) is 24.3 Å². The summed E-state index contributed by atoms with van der Waals surface area (Å²) in [4.78, 5) is 4.21. The Morgan fingerprint density at radius 2 is 2.23 bits per heavy atom. The second kappa shape index (κ2) is 3.08. The molecule has 1 aromatic carbocycles. The Bertz CT molecular complexity index is 481. The lowest BCUT2D eigenvalue weighted by Crippen LogP contribution is -1.93. The molecule has 2 aromatic rings. The molecule has 0 spiro atoms. The third-order valence-electron chi connectivity index (χ3n) is 1.85. The number of hydrogen-bond acceptors (Lipinski definition) is 2.